The lowest BCUT2D eigenvalue weighted by atomic mass is 10.2. The van der Waals surface area contributed by atoms with Crippen molar-refractivity contribution in [2.45, 2.75) is 0 Å². The summed E-state index contributed by atoms with van der Waals surface area (Å²) in [6.45, 7) is 0. The Morgan fingerprint density at radius 1 is 1.11 bits per heavy atom. The highest BCUT2D eigenvalue weighted by Gasteiger charge is 2.03. The van der Waals surface area contributed by atoms with Crippen LogP contribution < -0.4 is 10.1 Å². The van der Waals surface area contributed by atoms with Crippen LogP contribution in [0.1, 0.15) is 5.56 Å². The Morgan fingerprint density at radius 2 is 1.89 bits per heavy atom. The number of hydrogen-bond acceptors (Lipinski definition) is 3. The molecule has 0 aliphatic rings. The predicted molar refractivity (Wildman–Crippen MR) is 82.8 cm³/mol. The number of hydrogen-bond donors (Lipinski definition) is 1. The number of rotatable bonds is 3. The maximum atomic E-state index is 8.95. The van der Waals surface area contributed by atoms with Crippen LogP contribution in [0.3, 0.4) is 0 Å². The van der Waals surface area contributed by atoms with E-state index in [9.17, 15) is 0 Å². The molecule has 3 nitrogen and oxygen atoms in total. The minimum Gasteiger partial charge on any atom is -0.495 e. The lowest BCUT2D eigenvalue weighted by molar-refractivity contribution is 0.412. The van der Waals surface area contributed by atoms with Crippen LogP contribution in [0.5, 0.6) is 5.75 Å². The zero-order chi connectivity index (χ0) is 13.8. The Kier molecular flexibility index (Phi) is 4.46. The lowest BCUT2D eigenvalue weighted by Gasteiger charge is -2.10. The monoisotopic (exact) mass is 380 g/mol. The third-order valence-corrected chi connectivity index (χ3v) is 3.58. The Morgan fingerprint density at radius 3 is 2.58 bits per heavy atom. The SMILES string of the molecule is COc1cc(Nc2cc(Br)cc(C#N)c2)ccc1Br. The third kappa shape index (κ3) is 3.49. The van der Waals surface area contributed by atoms with Gasteiger partial charge in [0, 0.05) is 21.9 Å². The van der Waals surface area contributed by atoms with Crippen molar-refractivity contribution in [3.63, 3.8) is 0 Å². The molecule has 0 aliphatic heterocycles. The van der Waals surface area contributed by atoms with Crippen molar-refractivity contribution in [3.8, 4) is 11.8 Å². The van der Waals surface area contributed by atoms with Crippen LogP contribution in [0.4, 0.5) is 11.4 Å². The minimum absolute atomic E-state index is 0.598. The van der Waals surface area contributed by atoms with Gasteiger partial charge in [0.1, 0.15) is 5.75 Å². The van der Waals surface area contributed by atoms with Crippen molar-refractivity contribution < 1.29 is 4.74 Å². The van der Waals surface area contributed by atoms with E-state index in [1.165, 1.54) is 0 Å². The smallest absolute Gasteiger partial charge is 0.135 e. The van der Waals surface area contributed by atoms with Gasteiger partial charge in [0.05, 0.1) is 23.2 Å². The minimum atomic E-state index is 0.598. The first-order chi connectivity index (χ1) is 9.12. The van der Waals surface area contributed by atoms with Gasteiger partial charge in [-0.3, -0.25) is 0 Å². The van der Waals surface area contributed by atoms with Crippen LogP contribution >= 0.6 is 31.9 Å². The maximum absolute atomic E-state index is 8.95. The van der Waals surface area contributed by atoms with Gasteiger partial charge in [0.25, 0.3) is 0 Å². The highest BCUT2D eigenvalue weighted by atomic mass is 79.9. The van der Waals surface area contributed by atoms with E-state index in [0.717, 1.165) is 26.1 Å². The van der Waals surface area contributed by atoms with Crippen LogP contribution in [0.25, 0.3) is 0 Å². The average molecular weight is 382 g/mol. The van der Waals surface area contributed by atoms with E-state index in [4.69, 9.17) is 10.00 Å². The Bertz CT molecular complexity index is 650. The van der Waals surface area contributed by atoms with Gasteiger partial charge in [0.15, 0.2) is 0 Å². The number of methoxy groups -OCH3 is 1. The summed E-state index contributed by atoms with van der Waals surface area (Å²) in [5, 5.41) is 12.2. The molecular weight excluding hydrogens is 372 g/mol. The Labute approximate surface area is 128 Å². The molecule has 0 fully saturated rings. The number of nitrogens with zero attached hydrogens (tertiary/aromatic N) is 1. The molecule has 5 heteroatoms. The molecule has 0 aliphatic carbocycles. The standard InChI is InChI=1S/C14H10Br2N2O/c1-19-14-7-11(2-3-13(14)16)18-12-5-9(8-17)4-10(15)6-12/h2-7,18H,1H3. The molecular formula is C14H10Br2N2O. The van der Waals surface area contributed by atoms with Crippen molar-refractivity contribution in [3.05, 3.63) is 50.9 Å². The van der Waals surface area contributed by atoms with Gasteiger partial charge in [-0.25, -0.2) is 0 Å². The third-order valence-electron chi connectivity index (χ3n) is 2.47. The molecule has 0 unspecified atom stereocenters. The quantitative estimate of drug-likeness (QED) is 0.827. The van der Waals surface area contributed by atoms with Crippen LogP contribution in [-0.4, -0.2) is 7.11 Å². The molecule has 19 heavy (non-hydrogen) atoms. The fraction of sp³-hybridized carbons (Fsp3) is 0.0714. The topological polar surface area (TPSA) is 45.0 Å². The van der Waals surface area contributed by atoms with Crippen molar-refractivity contribution in [1.29, 1.82) is 5.26 Å². The molecule has 0 saturated carbocycles. The van der Waals surface area contributed by atoms with Gasteiger partial charge in [-0.05, 0) is 46.3 Å². The molecule has 0 spiro atoms. The molecule has 2 aromatic rings. The first-order valence-electron chi connectivity index (χ1n) is 5.43. The molecule has 0 atom stereocenters. The van der Waals surface area contributed by atoms with Crippen molar-refractivity contribution in [1.82, 2.24) is 0 Å². The largest absolute Gasteiger partial charge is 0.495 e. The fourth-order valence-electron chi connectivity index (χ4n) is 1.63. The number of halogens is 2. The summed E-state index contributed by atoms with van der Waals surface area (Å²) in [7, 11) is 1.62. The number of anilines is 2. The molecule has 1 N–H and O–H groups in total. The lowest BCUT2D eigenvalue weighted by Crippen LogP contribution is -1.93. The van der Waals surface area contributed by atoms with Crippen molar-refractivity contribution in [2.75, 3.05) is 12.4 Å². The van der Waals surface area contributed by atoms with E-state index in [1.54, 1.807) is 19.2 Å². The molecule has 0 bridgehead atoms. The molecule has 0 heterocycles. The van der Waals surface area contributed by atoms with E-state index in [1.807, 2.05) is 24.3 Å². The zero-order valence-corrected chi connectivity index (χ0v) is 13.2. The van der Waals surface area contributed by atoms with Crippen LogP contribution in [0.15, 0.2) is 45.3 Å². The maximum Gasteiger partial charge on any atom is 0.135 e. The van der Waals surface area contributed by atoms with Gasteiger partial charge >= 0.3 is 0 Å². The second kappa shape index (κ2) is 6.09. The summed E-state index contributed by atoms with van der Waals surface area (Å²) in [5.74, 6) is 0.750. The molecule has 0 aromatic heterocycles. The first-order valence-corrected chi connectivity index (χ1v) is 7.02. The van der Waals surface area contributed by atoms with Gasteiger partial charge in [-0.2, -0.15) is 5.26 Å². The van der Waals surface area contributed by atoms with E-state index < -0.39 is 0 Å². The summed E-state index contributed by atoms with van der Waals surface area (Å²) in [6, 6.07) is 13.3. The predicted octanol–water partition coefficient (Wildman–Crippen LogP) is 4.84. The first kappa shape index (κ1) is 13.9. The van der Waals surface area contributed by atoms with Gasteiger partial charge in [-0.15, -0.1) is 0 Å². The van der Waals surface area contributed by atoms with E-state index in [-0.39, 0.29) is 0 Å². The summed E-state index contributed by atoms with van der Waals surface area (Å²) in [6.07, 6.45) is 0. The van der Waals surface area contributed by atoms with E-state index in [0.29, 0.717) is 5.56 Å². The number of nitrogens with one attached hydrogen (secondary N) is 1. The highest BCUT2D eigenvalue weighted by molar-refractivity contribution is 9.10. The summed E-state index contributed by atoms with van der Waals surface area (Å²) >= 11 is 6.79. The molecule has 0 saturated heterocycles. The average Bonchev–Trinajstić information content (AvgIpc) is 2.40. The van der Waals surface area contributed by atoms with Gasteiger partial charge < -0.3 is 10.1 Å². The van der Waals surface area contributed by atoms with Crippen molar-refractivity contribution in [2.24, 2.45) is 0 Å². The Hall–Kier alpha value is -1.51. The summed E-state index contributed by atoms with van der Waals surface area (Å²) in [5.41, 5.74) is 2.33. The highest BCUT2D eigenvalue weighted by Crippen LogP contribution is 2.30. The molecule has 0 amide bonds. The molecule has 2 rings (SSSR count). The van der Waals surface area contributed by atoms with E-state index in [2.05, 4.69) is 43.2 Å². The fourth-order valence-corrected chi connectivity index (χ4v) is 2.53. The molecule has 2 aromatic carbocycles. The zero-order valence-electron chi connectivity index (χ0n) is 10.1. The van der Waals surface area contributed by atoms with Gasteiger partial charge in [0.2, 0.25) is 0 Å². The summed E-state index contributed by atoms with van der Waals surface area (Å²) in [4.78, 5) is 0. The van der Waals surface area contributed by atoms with Gasteiger partial charge in [-0.1, -0.05) is 15.9 Å². The van der Waals surface area contributed by atoms with Crippen LogP contribution in [0, 0.1) is 11.3 Å². The van der Waals surface area contributed by atoms with Crippen LogP contribution in [-0.2, 0) is 0 Å². The van der Waals surface area contributed by atoms with E-state index >= 15 is 0 Å². The normalized spacial score (nSPS) is 9.79. The number of benzene rings is 2. The summed E-state index contributed by atoms with van der Waals surface area (Å²) < 4.78 is 7.00. The van der Waals surface area contributed by atoms with Crippen molar-refractivity contribution >= 4 is 43.2 Å². The second-order valence-corrected chi connectivity index (χ2v) is 5.58. The number of nitriles is 1. The molecule has 96 valence electrons. The molecule has 0 radical (unpaired) electrons. The second-order valence-electron chi connectivity index (χ2n) is 3.81. The number of ether oxygens (including phenoxy) is 1. The Balaban J connectivity index is 2.31. The van der Waals surface area contributed by atoms with Crippen LogP contribution in [0.2, 0.25) is 0 Å².